The Morgan fingerprint density at radius 2 is 1.94 bits per heavy atom. The number of carbonyl (C=O) groups excluding carboxylic acids is 1. The third-order valence-electron chi connectivity index (χ3n) is 2.18. The molecule has 0 aromatic heterocycles. The Morgan fingerprint density at radius 3 is 2.50 bits per heavy atom. The van der Waals surface area contributed by atoms with Crippen molar-refractivity contribution >= 4 is 11.7 Å². The Kier molecular flexibility index (Phi) is 4.17. The number of amides is 2. The van der Waals surface area contributed by atoms with Crippen LogP contribution in [0.3, 0.4) is 0 Å². The van der Waals surface area contributed by atoms with Gasteiger partial charge in [0.1, 0.15) is 0 Å². The van der Waals surface area contributed by atoms with Crippen LogP contribution in [0, 0.1) is 0 Å². The van der Waals surface area contributed by atoms with Crippen molar-refractivity contribution in [2.45, 2.75) is 32.9 Å². The van der Waals surface area contributed by atoms with Crippen LogP contribution in [0.25, 0.3) is 0 Å². The zero-order valence-electron chi connectivity index (χ0n) is 9.95. The number of nitrogen functional groups attached to an aromatic ring is 1. The van der Waals surface area contributed by atoms with Gasteiger partial charge in [-0.1, -0.05) is 12.1 Å². The number of nitrogens with two attached hydrogens (primary N) is 1. The first-order chi connectivity index (χ1) is 7.49. The fraction of sp³-hybridized carbons (Fsp3) is 0.417. The van der Waals surface area contributed by atoms with Crippen molar-refractivity contribution in [1.29, 1.82) is 0 Å². The second-order valence-corrected chi connectivity index (χ2v) is 4.16. The smallest absolute Gasteiger partial charge is 0.315 e. The maximum absolute atomic E-state index is 11.5. The van der Waals surface area contributed by atoms with Crippen molar-refractivity contribution < 1.29 is 4.79 Å². The van der Waals surface area contributed by atoms with Gasteiger partial charge >= 0.3 is 6.03 Å². The molecular weight excluding hydrogens is 202 g/mol. The number of anilines is 1. The molecule has 0 fully saturated rings. The first kappa shape index (κ1) is 12.4. The lowest BCUT2D eigenvalue weighted by atomic mass is 10.1. The first-order valence-corrected chi connectivity index (χ1v) is 5.41. The van der Waals surface area contributed by atoms with Crippen molar-refractivity contribution in [1.82, 2.24) is 10.6 Å². The highest BCUT2D eigenvalue weighted by Crippen LogP contribution is 2.14. The minimum Gasteiger partial charge on any atom is -0.399 e. The largest absolute Gasteiger partial charge is 0.399 e. The standard InChI is InChI=1S/C12H19N3O/c1-8(2)14-12(16)15-9(3)10-5-4-6-11(13)7-10/h4-9H,13H2,1-3H3,(H2,14,15,16). The van der Waals surface area contributed by atoms with Gasteiger partial charge in [-0.2, -0.15) is 0 Å². The van der Waals surface area contributed by atoms with E-state index < -0.39 is 0 Å². The number of hydrogen-bond acceptors (Lipinski definition) is 2. The molecule has 0 saturated heterocycles. The summed E-state index contributed by atoms with van der Waals surface area (Å²) in [4.78, 5) is 11.5. The molecule has 0 aliphatic carbocycles. The maximum atomic E-state index is 11.5. The molecule has 88 valence electrons. The van der Waals surface area contributed by atoms with Gasteiger partial charge < -0.3 is 16.4 Å². The number of rotatable bonds is 3. The molecule has 0 aliphatic rings. The van der Waals surface area contributed by atoms with Crippen LogP contribution in [-0.2, 0) is 0 Å². The first-order valence-electron chi connectivity index (χ1n) is 5.41. The summed E-state index contributed by atoms with van der Waals surface area (Å²) in [5.74, 6) is 0. The Labute approximate surface area is 96.2 Å². The highest BCUT2D eigenvalue weighted by Gasteiger charge is 2.09. The third kappa shape index (κ3) is 3.81. The lowest BCUT2D eigenvalue weighted by Gasteiger charge is -2.16. The lowest BCUT2D eigenvalue weighted by molar-refractivity contribution is 0.235. The number of hydrogen-bond donors (Lipinski definition) is 3. The number of benzene rings is 1. The summed E-state index contributed by atoms with van der Waals surface area (Å²) in [5, 5.41) is 5.63. The van der Waals surface area contributed by atoms with Crippen LogP contribution >= 0.6 is 0 Å². The zero-order valence-corrected chi connectivity index (χ0v) is 9.95. The molecule has 0 heterocycles. The molecule has 0 aliphatic heterocycles. The Morgan fingerprint density at radius 1 is 1.25 bits per heavy atom. The quantitative estimate of drug-likeness (QED) is 0.684. The molecule has 1 aromatic carbocycles. The van der Waals surface area contributed by atoms with Crippen LogP contribution in [0.4, 0.5) is 10.5 Å². The van der Waals surface area contributed by atoms with E-state index in [2.05, 4.69) is 10.6 Å². The summed E-state index contributed by atoms with van der Waals surface area (Å²) in [7, 11) is 0. The molecule has 0 spiro atoms. The summed E-state index contributed by atoms with van der Waals surface area (Å²) in [6.07, 6.45) is 0. The fourth-order valence-corrected chi connectivity index (χ4v) is 1.41. The topological polar surface area (TPSA) is 67.2 Å². The number of urea groups is 1. The van der Waals surface area contributed by atoms with E-state index in [0.29, 0.717) is 5.69 Å². The van der Waals surface area contributed by atoms with E-state index in [-0.39, 0.29) is 18.1 Å². The molecule has 2 amide bonds. The third-order valence-corrected chi connectivity index (χ3v) is 2.18. The van der Waals surface area contributed by atoms with E-state index in [1.165, 1.54) is 0 Å². The molecule has 0 bridgehead atoms. The van der Waals surface area contributed by atoms with Crippen LogP contribution in [0.1, 0.15) is 32.4 Å². The Bertz CT molecular complexity index is 363. The summed E-state index contributed by atoms with van der Waals surface area (Å²) < 4.78 is 0. The highest BCUT2D eigenvalue weighted by atomic mass is 16.2. The van der Waals surface area contributed by atoms with E-state index >= 15 is 0 Å². The van der Waals surface area contributed by atoms with Crippen molar-refractivity contribution in [3.05, 3.63) is 29.8 Å². The van der Waals surface area contributed by atoms with Gasteiger partial charge in [0.2, 0.25) is 0 Å². The molecule has 1 aromatic rings. The van der Waals surface area contributed by atoms with Crippen LogP contribution in [0.2, 0.25) is 0 Å². The van der Waals surface area contributed by atoms with Gasteiger partial charge in [-0.25, -0.2) is 4.79 Å². The van der Waals surface area contributed by atoms with Gasteiger partial charge in [-0.15, -0.1) is 0 Å². The van der Waals surface area contributed by atoms with Crippen LogP contribution in [0.5, 0.6) is 0 Å². The average molecular weight is 221 g/mol. The van der Waals surface area contributed by atoms with E-state index in [1.54, 1.807) is 0 Å². The molecule has 4 N–H and O–H groups in total. The minimum atomic E-state index is -0.162. The van der Waals surface area contributed by atoms with E-state index in [9.17, 15) is 4.79 Å². The molecular formula is C12H19N3O. The van der Waals surface area contributed by atoms with Crippen LogP contribution < -0.4 is 16.4 Å². The molecule has 4 nitrogen and oxygen atoms in total. The van der Waals surface area contributed by atoms with Crippen LogP contribution in [0.15, 0.2) is 24.3 Å². The minimum absolute atomic E-state index is 0.0535. The average Bonchev–Trinajstić information content (AvgIpc) is 2.16. The summed E-state index contributed by atoms with van der Waals surface area (Å²) in [6, 6.07) is 7.42. The lowest BCUT2D eigenvalue weighted by Crippen LogP contribution is -2.40. The second-order valence-electron chi connectivity index (χ2n) is 4.16. The second kappa shape index (κ2) is 5.39. The Balaban J connectivity index is 2.58. The normalized spacial score (nSPS) is 12.2. The molecule has 1 unspecified atom stereocenters. The molecule has 0 radical (unpaired) electrons. The van der Waals surface area contributed by atoms with Gasteiger partial charge in [0.05, 0.1) is 6.04 Å². The molecule has 1 atom stereocenters. The van der Waals surface area contributed by atoms with E-state index in [4.69, 9.17) is 5.73 Å². The van der Waals surface area contributed by atoms with Gasteiger partial charge in [-0.05, 0) is 38.5 Å². The van der Waals surface area contributed by atoms with E-state index in [1.807, 2.05) is 45.0 Å². The van der Waals surface area contributed by atoms with E-state index in [0.717, 1.165) is 5.56 Å². The molecule has 0 saturated carbocycles. The monoisotopic (exact) mass is 221 g/mol. The van der Waals surface area contributed by atoms with Gasteiger partial charge in [-0.3, -0.25) is 0 Å². The number of nitrogens with one attached hydrogen (secondary N) is 2. The Hall–Kier alpha value is -1.71. The van der Waals surface area contributed by atoms with Crippen molar-refractivity contribution in [2.24, 2.45) is 0 Å². The summed E-state index contributed by atoms with van der Waals surface area (Å²) >= 11 is 0. The van der Waals surface area contributed by atoms with Crippen molar-refractivity contribution in [2.75, 3.05) is 5.73 Å². The van der Waals surface area contributed by atoms with Crippen molar-refractivity contribution in [3.8, 4) is 0 Å². The van der Waals surface area contributed by atoms with Gasteiger partial charge in [0.15, 0.2) is 0 Å². The molecule has 4 heteroatoms. The number of carbonyl (C=O) groups is 1. The molecule has 16 heavy (non-hydrogen) atoms. The molecule has 1 rings (SSSR count). The van der Waals surface area contributed by atoms with Gasteiger partial charge in [0, 0.05) is 11.7 Å². The zero-order chi connectivity index (χ0) is 12.1. The van der Waals surface area contributed by atoms with Gasteiger partial charge in [0.25, 0.3) is 0 Å². The van der Waals surface area contributed by atoms with Crippen molar-refractivity contribution in [3.63, 3.8) is 0 Å². The highest BCUT2D eigenvalue weighted by molar-refractivity contribution is 5.74. The predicted octanol–water partition coefficient (Wildman–Crippen LogP) is 2.04. The fourth-order valence-electron chi connectivity index (χ4n) is 1.41. The SMILES string of the molecule is CC(C)NC(=O)NC(C)c1cccc(N)c1. The van der Waals surface area contributed by atoms with Crippen LogP contribution in [-0.4, -0.2) is 12.1 Å². The predicted molar refractivity (Wildman–Crippen MR) is 66.1 cm³/mol. The summed E-state index contributed by atoms with van der Waals surface area (Å²) in [5.41, 5.74) is 7.38. The summed E-state index contributed by atoms with van der Waals surface area (Å²) in [6.45, 7) is 5.77. The maximum Gasteiger partial charge on any atom is 0.315 e.